The number of aromatic nitrogens is 1. The Labute approximate surface area is 161 Å². The summed E-state index contributed by atoms with van der Waals surface area (Å²) in [4.78, 5) is 28.1. The zero-order valence-electron chi connectivity index (χ0n) is 14.9. The van der Waals surface area contributed by atoms with Crippen LogP contribution in [0.2, 0.25) is 0 Å². The number of hydrogen-bond donors (Lipinski definition) is 2. The molecule has 8 nitrogen and oxygen atoms in total. The molecule has 0 spiro atoms. The topological polar surface area (TPSA) is 114 Å². The molecule has 1 aliphatic rings. The summed E-state index contributed by atoms with van der Waals surface area (Å²) in [5.41, 5.74) is 7.32. The number of primary amides is 1. The van der Waals surface area contributed by atoms with Crippen molar-refractivity contribution in [3.63, 3.8) is 0 Å². The van der Waals surface area contributed by atoms with Crippen LogP contribution in [0.15, 0.2) is 82.1 Å². The number of aliphatic imine (C=N–C) groups is 3. The first-order valence-electron chi connectivity index (χ1n) is 8.41. The van der Waals surface area contributed by atoms with Gasteiger partial charge in [0.25, 0.3) is 5.91 Å². The Morgan fingerprint density at radius 2 is 1.79 bits per heavy atom. The van der Waals surface area contributed by atoms with E-state index in [4.69, 9.17) is 10.5 Å². The van der Waals surface area contributed by atoms with Gasteiger partial charge in [-0.05, 0) is 12.1 Å². The fraction of sp³-hybridized carbons (Fsp3) is 0.0500. The summed E-state index contributed by atoms with van der Waals surface area (Å²) in [6.45, 7) is 0.303. The van der Waals surface area contributed by atoms with Crippen LogP contribution in [0.1, 0.15) is 5.56 Å². The number of pyridine rings is 1. The van der Waals surface area contributed by atoms with Crippen LogP contribution in [-0.4, -0.2) is 29.5 Å². The molecule has 1 aromatic heterocycles. The van der Waals surface area contributed by atoms with Gasteiger partial charge in [0, 0.05) is 48.5 Å². The van der Waals surface area contributed by atoms with Crippen molar-refractivity contribution in [2.75, 3.05) is 0 Å². The Kier molecular flexibility index (Phi) is 6.40. The number of benzene rings is 1. The summed E-state index contributed by atoms with van der Waals surface area (Å²) < 4.78 is 5.70. The molecule has 8 heteroatoms. The molecule has 0 radical (unpaired) electrons. The number of allylic oxidation sites excluding steroid dienone is 1. The SMILES string of the molecule is NC(=O)C1=CC=NC=CN=CC=NC=COc2cnc3ccccc3c2CN1. The number of amides is 1. The molecule has 0 saturated carbocycles. The van der Waals surface area contributed by atoms with E-state index in [-0.39, 0.29) is 5.70 Å². The first-order valence-corrected chi connectivity index (χ1v) is 8.41. The lowest BCUT2D eigenvalue weighted by atomic mass is 10.1. The van der Waals surface area contributed by atoms with Crippen LogP contribution < -0.4 is 15.8 Å². The van der Waals surface area contributed by atoms with Gasteiger partial charge in [-0.1, -0.05) is 18.2 Å². The van der Waals surface area contributed by atoms with Crippen molar-refractivity contribution in [3.05, 3.63) is 72.7 Å². The summed E-state index contributed by atoms with van der Waals surface area (Å²) in [5.74, 6) is -0.0599. The van der Waals surface area contributed by atoms with Crippen molar-refractivity contribution in [1.29, 1.82) is 0 Å². The average molecular weight is 374 g/mol. The standard InChI is InChI=1S/C20H18N6O2/c21-20(27)18-5-6-22-7-8-23-9-10-24-11-12-28-19-14-26-17-4-2-1-3-15(17)16(19)13-25-18/h1-12,14,25H,13H2,(H2,21,27). The Balaban J connectivity index is 2.02. The number of ether oxygens (including phenoxy) is 1. The fourth-order valence-electron chi connectivity index (χ4n) is 2.44. The van der Waals surface area contributed by atoms with Crippen molar-refractivity contribution >= 4 is 35.5 Å². The van der Waals surface area contributed by atoms with Gasteiger partial charge in [0.2, 0.25) is 0 Å². The van der Waals surface area contributed by atoms with Crippen molar-refractivity contribution in [1.82, 2.24) is 10.3 Å². The highest BCUT2D eigenvalue weighted by Gasteiger charge is 2.11. The number of hydrogen-bond acceptors (Lipinski definition) is 7. The van der Waals surface area contributed by atoms with Crippen molar-refractivity contribution in [3.8, 4) is 5.75 Å². The minimum atomic E-state index is -0.597. The maximum absolute atomic E-state index is 11.7. The molecule has 140 valence electrons. The number of fused-ring (bicyclic) bond motifs is 3. The van der Waals surface area contributed by atoms with E-state index >= 15 is 0 Å². The maximum atomic E-state index is 11.7. The molecule has 2 heterocycles. The molecule has 1 aliphatic heterocycles. The van der Waals surface area contributed by atoms with E-state index in [1.165, 1.54) is 49.6 Å². The molecule has 0 aliphatic carbocycles. The third-order valence-electron chi connectivity index (χ3n) is 3.72. The van der Waals surface area contributed by atoms with E-state index in [0.717, 1.165) is 16.5 Å². The largest absolute Gasteiger partial charge is 0.461 e. The zero-order chi connectivity index (χ0) is 19.6. The Morgan fingerprint density at radius 3 is 2.61 bits per heavy atom. The van der Waals surface area contributed by atoms with Gasteiger partial charge in [0.15, 0.2) is 0 Å². The number of rotatable bonds is 1. The first kappa shape index (κ1) is 18.7. The third kappa shape index (κ3) is 4.98. The molecule has 0 atom stereocenters. The lowest BCUT2D eigenvalue weighted by Crippen LogP contribution is -2.26. The van der Waals surface area contributed by atoms with Crippen LogP contribution in [0, 0.1) is 0 Å². The second-order valence-electron chi connectivity index (χ2n) is 5.51. The van der Waals surface area contributed by atoms with E-state index in [2.05, 4.69) is 25.3 Å². The van der Waals surface area contributed by atoms with E-state index in [1.54, 1.807) is 6.20 Å². The predicted molar refractivity (Wildman–Crippen MR) is 110 cm³/mol. The van der Waals surface area contributed by atoms with Gasteiger partial charge in [0.1, 0.15) is 17.7 Å². The second-order valence-corrected chi connectivity index (χ2v) is 5.51. The van der Waals surface area contributed by atoms with Crippen molar-refractivity contribution in [2.24, 2.45) is 20.7 Å². The Bertz CT molecular complexity index is 1030. The lowest BCUT2D eigenvalue weighted by molar-refractivity contribution is -0.114. The molecular formula is C20H18N6O2. The number of carbonyl (C=O) groups excluding carboxylic acids is 1. The molecule has 0 saturated heterocycles. The average Bonchev–Trinajstić information content (AvgIpc) is 2.71. The maximum Gasteiger partial charge on any atom is 0.264 e. The van der Waals surface area contributed by atoms with Crippen LogP contribution in [0.25, 0.3) is 10.9 Å². The number of nitrogens with one attached hydrogen (secondary N) is 1. The van der Waals surface area contributed by atoms with Crippen molar-refractivity contribution in [2.45, 2.75) is 6.54 Å². The van der Waals surface area contributed by atoms with Gasteiger partial charge < -0.3 is 15.8 Å². The summed E-state index contributed by atoms with van der Waals surface area (Å²) in [5, 5.41) is 3.94. The van der Waals surface area contributed by atoms with Crippen molar-refractivity contribution < 1.29 is 9.53 Å². The molecule has 1 amide bonds. The van der Waals surface area contributed by atoms with Gasteiger partial charge in [-0.3, -0.25) is 24.8 Å². The van der Waals surface area contributed by atoms with E-state index in [0.29, 0.717) is 12.3 Å². The second kappa shape index (κ2) is 9.58. The summed E-state index contributed by atoms with van der Waals surface area (Å²) in [6, 6.07) is 7.66. The fourth-order valence-corrected chi connectivity index (χ4v) is 2.44. The molecule has 28 heavy (non-hydrogen) atoms. The third-order valence-corrected chi connectivity index (χ3v) is 3.72. The molecule has 3 N–H and O–H groups in total. The summed E-state index contributed by atoms with van der Waals surface area (Å²) in [7, 11) is 0. The van der Waals surface area contributed by atoms with Gasteiger partial charge >= 0.3 is 0 Å². The number of nitrogens with zero attached hydrogens (tertiary/aromatic N) is 4. The molecule has 0 fully saturated rings. The lowest BCUT2D eigenvalue weighted by Gasteiger charge is -2.13. The number of nitrogens with two attached hydrogens (primary N) is 1. The molecule has 0 unspecified atom stereocenters. The monoisotopic (exact) mass is 374 g/mol. The van der Waals surface area contributed by atoms with Crippen LogP contribution in [-0.2, 0) is 11.3 Å². The van der Waals surface area contributed by atoms with Gasteiger partial charge in [-0.15, -0.1) is 0 Å². The van der Waals surface area contributed by atoms with Crippen LogP contribution in [0.4, 0.5) is 0 Å². The molecule has 2 aromatic rings. The summed E-state index contributed by atoms with van der Waals surface area (Å²) in [6.07, 6.45) is 13.5. The normalized spacial score (nSPS) is 14.6. The summed E-state index contributed by atoms with van der Waals surface area (Å²) >= 11 is 0. The van der Waals surface area contributed by atoms with Crippen LogP contribution in [0.5, 0.6) is 5.75 Å². The number of para-hydroxylation sites is 1. The highest BCUT2D eigenvalue weighted by atomic mass is 16.5. The molecule has 0 bridgehead atoms. The zero-order valence-corrected chi connectivity index (χ0v) is 14.9. The predicted octanol–water partition coefficient (Wildman–Crippen LogP) is 2.24. The molecule has 1 aromatic carbocycles. The van der Waals surface area contributed by atoms with Crippen LogP contribution >= 0.6 is 0 Å². The minimum absolute atomic E-state index is 0.218. The number of carbonyl (C=O) groups is 1. The quantitative estimate of drug-likeness (QED) is 0.796. The Hall–Kier alpha value is -4.07. The van der Waals surface area contributed by atoms with Crippen LogP contribution in [0.3, 0.4) is 0 Å². The molecule has 3 rings (SSSR count). The van der Waals surface area contributed by atoms with E-state index in [9.17, 15) is 4.79 Å². The first-order chi connectivity index (χ1) is 13.8. The van der Waals surface area contributed by atoms with Gasteiger partial charge in [0.05, 0.1) is 17.9 Å². The highest BCUT2D eigenvalue weighted by molar-refractivity contribution is 6.16. The van der Waals surface area contributed by atoms with E-state index in [1.807, 2.05) is 24.3 Å². The van der Waals surface area contributed by atoms with Gasteiger partial charge in [-0.2, -0.15) is 0 Å². The smallest absolute Gasteiger partial charge is 0.264 e. The highest BCUT2D eigenvalue weighted by Crippen LogP contribution is 2.26. The Morgan fingerprint density at radius 1 is 1.04 bits per heavy atom. The van der Waals surface area contributed by atoms with E-state index < -0.39 is 5.91 Å². The van der Waals surface area contributed by atoms with Gasteiger partial charge in [-0.25, -0.2) is 0 Å². The minimum Gasteiger partial charge on any atom is -0.461 e. The molecular weight excluding hydrogens is 356 g/mol.